The zero-order valence-electron chi connectivity index (χ0n) is 11.5. The highest BCUT2D eigenvalue weighted by Crippen LogP contribution is 2.37. The van der Waals surface area contributed by atoms with Crippen LogP contribution in [0.5, 0.6) is 0 Å². The fourth-order valence-corrected chi connectivity index (χ4v) is 5.71. The van der Waals surface area contributed by atoms with Crippen molar-refractivity contribution < 1.29 is 8.42 Å². The van der Waals surface area contributed by atoms with Crippen molar-refractivity contribution >= 4 is 21.4 Å². The zero-order valence-corrected chi connectivity index (χ0v) is 13.1. The normalized spacial score (nSPS) is 20.0. The van der Waals surface area contributed by atoms with Crippen molar-refractivity contribution in [2.24, 2.45) is 5.73 Å². The number of hydrogen-bond donors (Lipinski definition) is 1. The van der Waals surface area contributed by atoms with Gasteiger partial charge in [0.05, 0.1) is 6.04 Å². The van der Waals surface area contributed by atoms with Crippen LogP contribution < -0.4 is 5.73 Å². The number of aromatic nitrogens is 1. The molecule has 5 nitrogen and oxygen atoms in total. The average Bonchev–Trinajstić information content (AvgIpc) is 3.17. The molecule has 0 amide bonds. The van der Waals surface area contributed by atoms with E-state index in [2.05, 4.69) is 4.98 Å². The molecule has 2 aromatic heterocycles. The van der Waals surface area contributed by atoms with E-state index in [0.717, 1.165) is 23.3 Å². The highest BCUT2D eigenvalue weighted by Gasteiger charge is 2.36. The minimum absolute atomic E-state index is 0.0959. The molecule has 1 saturated heterocycles. The van der Waals surface area contributed by atoms with Gasteiger partial charge in [-0.15, -0.1) is 11.3 Å². The number of rotatable bonds is 4. The molecule has 0 radical (unpaired) electrons. The van der Waals surface area contributed by atoms with Gasteiger partial charge in [-0.05, 0) is 42.7 Å². The Hall–Kier alpha value is -1.28. The van der Waals surface area contributed by atoms with Crippen molar-refractivity contribution in [3.05, 3.63) is 47.1 Å². The van der Waals surface area contributed by atoms with Crippen LogP contribution >= 0.6 is 11.3 Å². The Balaban J connectivity index is 1.94. The Morgan fingerprint density at radius 3 is 2.71 bits per heavy atom. The van der Waals surface area contributed by atoms with E-state index in [1.165, 1.54) is 11.3 Å². The van der Waals surface area contributed by atoms with Gasteiger partial charge in [0, 0.05) is 30.4 Å². The minimum atomic E-state index is -3.45. The van der Waals surface area contributed by atoms with Crippen LogP contribution in [0.25, 0.3) is 0 Å². The number of nitrogens with two attached hydrogens (primary N) is 1. The van der Waals surface area contributed by atoms with Crippen molar-refractivity contribution in [1.29, 1.82) is 0 Å². The first-order valence-electron chi connectivity index (χ1n) is 6.83. The van der Waals surface area contributed by atoms with Crippen LogP contribution in [0, 0.1) is 0 Å². The van der Waals surface area contributed by atoms with Crippen LogP contribution in [-0.2, 0) is 16.6 Å². The molecule has 0 aromatic carbocycles. The van der Waals surface area contributed by atoms with Gasteiger partial charge in [0.2, 0.25) is 0 Å². The Labute approximate surface area is 128 Å². The summed E-state index contributed by atoms with van der Waals surface area (Å²) in [5, 5.41) is 0. The van der Waals surface area contributed by atoms with Crippen LogP contribution in [0.4, 0.5) is 0 Å². The Bertz CT molecular complexity index is 713. The molecule has 0 spiro atoms. The maximum Gasteiger partial charge on any atom is 0.253 e. The molecule has 112 valence electrons. The summed E-state index contributed by atoms with van der Waals surface area (Å²) in [5.41, 5.74) is 6.57. The summed E-state index contributed by atoms with van der Waals surface area (Å²) < 4.78 is 27.6. The first-order chi connectivity index (χ1) is 10.1. The summed E-state index contributed by atoms with van der Waals surface area (Å²) in [6.45, 7) is 0.930. The summed E-state index contributed by atoms with van der Waals surface area (Å²) in [7, 11) is -3.45. The van der Waals surface area contributed by atoms with Crippen LogP contribution in [0.15, 0.2) is 40.9 Å². The van der Waals surface area contributed by atoms with Crippen LogP contribution in [0.2, 0.25) is 0 Å². The van der Waals surface area contributed by atoms with Crippen LogP contribution in [0.1, 0.15) is 29.3 Å². The van der Waals surface area contributed by atoms with Gasteiger partial charge < -0.3 is 5.73 Å². The topological polar surface area (TPSA) is 76.3 Å². The molecule has 3 rings (SSSR count). The van der Waals surface area contributed by atoms with Gasteiger partial charge in [-0.2, -0.15) is 4.31 Å². The molecule has 2 aromatic rings. The fraction of sp³-hybridized carbons (Fsp3) is 0.357. The summed E-state index contributed by atoms with van der Waals surface area (Å²) >= 11 is 1.26. The van der Waals surface area contributed by atoms with Crippen molar-refractivity contribution in [2.45, 2.75) is 29.6 Å². The molecule has 0 saturated carbocycles. The van der Waals surface area contributed by atoms with E-state index >= 15 is 0 Å². The third-order valence-corrected chi connectivity index (χ3v) is 7.18. The molecule has 1 fully saturated rings. The second-order valence-corrected chi connectivity index (χ2v) is 8.26. The van der Waals surface area contributed by atoms with Gasteiger partial charge in [0.15, 0.2) is 0 Å². The SMILES string of the molecule is NCc1ccc(S(=O)(=O)N2CCCC2c2ccncc2)s1. The predicted molar refractivity (Wildman–Crippen MR) is 82.3 cm³/mol. The van der Waals surface area contributed by atoms with Gasteiger partial charge in [-0.25, -0.2) is 8.42 Å². The van der Waals surface area contributed by atoms with E-state index in [1.807, 2.05) is 12.1 Å². The van der Waals surface area contributed by atoms with Crippen LogP contribution in [-0.4, -0.2) is 24.3 Å². The predicted octanol–water partition coefficient (Wildman–Crippen LogP) is 2.13. The van der Waals surface area contributed by atoms with Crippen molar-refractivity contribution in [3.63, 3.8) is 0 Å². The molecule has 0 aliphatic carbocycles. The number of sulfonamides is 1. The molecule has 3 heterocycles. The molecular formula is C14H17N3O2S2. The maximum absolute atomic E-state index is 12.8. The Morgan fingerprint density at radius 2 is 2.05 bits per heavy atom. The molecule has 0 bridgehead atoms. The van der Waals surface area contributed by atoms with E-state index in [1.54, 1.807) is 28.8 Å². The standard InChI is InChI=1S/C14H17N3O2S2/c15-10-12-3-4-14(20-12)21(18,19)17-9-1-2-13(17)11-5-7-16-8-6-11/h3-8,13H,1-2,9-10,15H2. The molecular weight excluding hydrogens is 306 g/mol. The zero-order chi connectivity index (χ0) is 14.9. The summed E-state index contributed by atoms with van der Waals surface area (Å²) in [6, 6.07) is 7.12. The van der Waals surface area contributed by atoms with E-state index < -0.39 is 10.0 Å². The van der Waals surface area contributed by atoms with E-state index in [4.69, 9.17) is 5.73 Å². The average molecular weight is 323 g/mol. The lowest BCUT2D eigenvalue weighted by molar-refractivity contribution is 0.397. The van der Waals surface area contributed by atoms with Crippen molar-refractivity contribution in [2.75, 3.05) is 6.54 Å². The second-order valence-electron chi connectivity index (χ2n) is 4.98. The molecule has 1 aliphatic heterocycles. The molecule has 2 N–H and O–H groups in total. The van der Waals surface area contributed by atoms with Gasteiger partial charge in [-0.1, -0.05) is 0 Å². The third-order valence-electron chi connectivity index (χ3n) is 3.70. The first kappa shape index (κ1) is 14.6. The lowest BCUT2D eigenvalue weighted by Crippen LogP contribution is -2.30. The molecule has 21 heavy (non-hydrogen) atoms. The number of thiophene rings is 1. The fourth-order valence-electron chi connectivity index (χ4n) is 2.67. The van der Waals surface area contributed by atoms with Gasteiger partial charge in [-0.3, -0.25) is 4.98 Å². The van der Waals surface area contributed by atoms with Gasteiger partial charge in [0.1, 0.15) is 4.21 Å². The lowest BCUT2D eigenvalue weighted by atomic mass is 10.1. The third kappa shape index (κ3) is 2.74. The molecule has 1 unspecified atom stereocenters. The van der Waals surface area contributed by atoms with Crippen LogP contribution in [0.3, 0.4) is 0 Å². The smallest absolute Gasteiger partial charge is 0.253 e. The largest absolute Gasteiger partial charge is 0.326 e. The van der Waals surface area contributed by atoms with Crippen molar-refractivity contribution in [1.82, 2.24) is 9.29 Å². The Morgan fingerprint density at radius 1 is 1.29 bits per heavy atom. The van der Waals surface area contributed by atoms with E-state index in [-0.39, 0.29) is 6.04 Å². The van der Waals surface area contributed by atoms with E-state index in [9.17, 15) is 8.42 Å². The first-order valence-corrected chi connectivity index (χ1v) is 9.09. The number of hydrogen-bond acceptors (Lipinski definition) is 5. The summed E-state index contributed by atoms with van der Waals surface area (Å²) in [4.78, 5) is 4.88. The monoisotopic (exact) mass is 323 g/mol. The van der Waals surface area contributed by atoms with E-state index in [0.29, 0.717) is 17.3 Å². The number of pyridine rings is 1. The summed E-state index contributed by atoms with van der Waals surface area (Å²) in [5.74, 6) is 0. The van der Waals surface area contributed by atoms with Gasteiger partial charge >= 0.3 is 0 Å². The number of nitrogens with zero attached hydrogens (tertiary/aromatic N) is 2. The Kier molecular flexibility index (Phi) is 4.08. The lowest BCUT2D eigenvalue weighted by Gasteiger charge is -2.23. The highest BCUT2D eigenvalue weighted by atomic mass is 32.2. The second kappa shape index (κ2) is 5.84. The maximum atomic E-state index is 12.8. The van der Waals surface area contributed by atoms with Gasteiger partial charge in [0.25, 0.3) is 10.0 Å². The molecule has 1 atom stereocenters. The highest BCUT2D eigenvalue weighted by molar-refractivity contribution is 7.91. The minimum Gasteiger partial charge on any atom is -0.326 e. The molecule has 1 aliphatic rings. The quantitative estimate of drug-likeness (QED) is 0.935. The van der Waals surface area contributed by atoms with Crippen molar-refractivity contribution in [3.8, 4) is 0 Å². The summed E-state index contributed by atoms with van der Waals surface area (Å²) in [6.07, 6.45) is 5.13. The molecule has 7 heteroatoms.